The monoisotopic (exact) mass is 489 g/mol. The zero-order valence-corrected chi connectivity index (χ0v) is 18.3. The van der Waals surface area contributed by atoms with Crippen LogP contribution in [0.3, 0.4) is 0 Å². The minimum Gasteiger partial charge on any atom is -0.469 e. The van der Waals surface area contributed by atoms with Crippen LogP contribution < -0.4 is 5.32 Å². The quantitative estimate of drug-likeness (QED) is 0.263. The Morgan fingerprint density at radius 2 is 2.22 bits per heavy atom. The lowest BCUT2D eigenvalue weighted by Gasteiger charge is -2.34. The van der Waals surface area contributed by atoms with Crippen LogP contribution in [0, 0.1) is 0 Å². The van der Waals surface area contributed by atoms with E-state index >= 15 is 0 Å². The highest BCUT2D eigenvalue weighted by Crippen LogP contribution is 2.18. The summed E-state index contributed by atoms with van der Waals surface area (Å²) in [7, 11) is 0. The van der Waals surface area contributed by atoms with Gasteiger partial charge in [0.2, 0.25) is 0 Å². The van der Waals surface area contributed by atoms with Crippen molar-refractivity contribution in [3.63, 3.8) is 0 Å². The maximum Gasteiger partial charge on any atom is 0.194 e. The summed E-state index contributed by atoms with van der Waals surface area (Å²) in [5.74, 6) is 1.92. The molecule has 0 radical (unpaired) electrons. The summed E-state index contributed by atoms with van der Waals surface area (Å²) in [6.07, 6.45) is 9.37. The highest BCUT2D eigenvalue weighted by atomic mass is 127. The molecule has 2 fully saturated rings. The van der Waals surface area contributed by atoms with Gasteiger partial charge in [0.1, 0.15) is 5.76 Å². The van der Waals surface area contributed by atoms with E-state index in [-0.39, 0.29) is 24.0 Å². The topological polar surface area (TPSA) is 59.2 Å². The van der Waals surface area contributed by atoms with Crippen LogP contribution in [0.5, 0.6) is 0 Å². The number of hydrogen-bond acceptors (Lipinski definition) is 4. The molecule has 3 heterocycles. The number of likely N-dealkylation sites (tertiary alicyclic amines) is 1. The van der Waals surface area contributed by atoms with Crippen LogP contribution in [0.1, 0.15) is 31.4 Å². The van der Waals surface area contributed by atoms with Crippen LogP contribution in [0.25, 0.3) is 0 Å². The molecule has 152 valence electrons. The SMILES string of the molecule is C=CCNC(=NCCc1ccco1)N1CCC(OCC2CCCO2)CC1.I. The van der Waals surface area contributed by atoms with Crippen LogP contribution in [0.2, 0.25) is 0 Å². The van der Waals surface area contributed by atoms with Crippen molar-refractivity contribution in [3.05, 3.63) is 36.8 Å². The van der Waals surface area contributed by atoms with E-state index in [2.05, 4.69) is 16.8 Å². The van der Waals surface area contributed by atoms with Gasteiger partial charge in [-0.2, -0.15) is 0 Å². The highest BCUT2D eigenvalue weighted by Gasteiger charge is 2.24. The van der Waals surface area contributed by atoms with Crippen molar-refractivity contribution in [2.75, 3.05) is 39.4 Å². The zero-order valence-electron chi connectivity index (χ0n) is 16.0. The van der Waals surface area contributed by atoms with E-state index in [0.29, 0.717) is 18.8 Å². The summed E-state index contributed by atoms with van der Waals surface area (Å²) in [4.78, 5) is 7.07. The summed E-state index contributed by atoms with van der Waals surface area (Å²) in [6.45, 7) is 8.76. The molecule has 2 aliphatic rings. The Labute approximate surface area is 179 Å². The Morgan fingerprint density at radius 1 is 1.37 bits per heavy atom. The molecule has 0 bridgehead atoms. The number of nitrogens with one attached hydrogen (secondary N) is 1. The number of halogens is 1. The minimum absolute atomic E-state index is 0. The standard InChI is InChI=1S/C20H31N3O3.HI/c1-2-10-21-20(22-11-7-17-5-3-14-24-17)23-12-8-18(9-13-23)26-16-19-6-4-15-25-19;/h2-3,5,14,18-19H,1,4,6-13,15-16H2,(H,21,22);1H. The zero-order chi connectivity index (χ0) is 18.0. The molecule has 2 saturated heterocycles. The number of piperidine rings is 1. The Balaban J connectivity index is 0.00000261. The van der Waals surface area contributed by atoms with E-state index in [4.69, 9.17) is 18.9 Å². The van der Waals surface area contributed by atoms with Crippen molar-refractivity contribution in [2.45, 2.75) is 44.3 Å². The van der Waals surface area contributed by atoms with Gasteiger partial charge >= 0.3 is 0 Å². The predicted molar refractivity (Wildman–Crippen MR) is 118 cm³/mol. The van der Waals surface area contributed by atoms with Gasteiger partial charge in [-0.05, 0) is 37.8 Å². The lowest BCUT2D eigenvalue weighted by atomic mass is 10.1. The summed E-state index contributed by atoms with van der Waals surface area (Å²) < 4.78 is 17.1. The van der Waals surface area contributed by atoms with Crippen molar-refractivity contribution >= 4 is 29.9 Å². The molecule has 0 spiro atoms. The Kier molecular flexibility index (Phi) is 10.2. The van der Waals surface area contributed by atoms with E-state index in [0.717, 1.165) is 70.3 Å². The first-order chi connectivity index (χ1) is 12.8. The first-order valence-electron chi connectivity index (χ1n) is 9.75. The van der Waals surface area contributed by atoms with E-state index in [9.17, 15) is 0 Å². The summed E-state index contributed by atoms with van der Waals surface area (Å²) in [5.41, 5.74) is 0. The van der Waals surface area contributed by atoms with E-state index in [1.54, 1.807) is 6.26 Å². The third-order valence-corrected chi connectivity index (χ3v) is 4.89. The van der Waals surface area contributed by atoms with Gasteiger partial charge in [-0.25, -0.2) is 0 Å². The Hall–Kier alpha value is -1.06. The van der Waals surface area contributed by atoms with Gasteiger partial charge in [0.15, 0.2) is 5.96 Å². The molecule has 6 nitrogen and oxygen atoms in total. The maximum atomic E-state index is 6.07. The van der Waals surface area contributed by atoms with Crippen LogP contribution in [-0.2, 0) is 15.9 Å². The fraction of sp³-hybridized carbons (Fsp3) is 0.650. The van der Waals surface area contributed by atoms with Crippen molar-refractivity contribution in [3.8, 4) is 0 Å². The van der Waals surface area contributed by atoms with Gasteiger partial charge in [-0.3, -0.25) is 4.99 Å². The minimum atomic E-state index is 0. The predicted octanol–water partition coefficient (Wildman–Crippen LogP) is 3.23. The molecule has 1 unspecified atom stereocenters. The lowest BCUT2D eigenvalue weighted by Crippen LogP contribution is -2.47. The fourth-order valence-electron chi connectivity index (χ4n) is 3.41. The lowest BCUT2D eigenvalue weighted by molar-refractivity contribution is -0.0367. The van der Waals surface area contributed by atoms with Gasteiger partial charge < -0.3 is 24.1 Å². The molecule has 0 aliphatic carbocycles. The average Bonchev–Trinajstić information content (AvgIpc) is 3.37. The second-order valence-electron chi connectivity index (χ2n) is 6.86. The van der Waals surface area contributed by atoms with Gasteiger partial charge in [0.05, 0.1) is 25.1 Å². The molecule has 3 rings (SSSR count). The third kappa shape index (κ3) is 7.46. The van der Waals surface area contributed by atoms with Crippen LogP contribution in [-0.4, -0.2) is 62.5 Å². The van der Waals surface area contributed by atoms with Crippen LogP contribution in [0.15, 0.2) is 40.5 Å². The number of aliphatic imine (C=N–C) groups is 1. The van der Waals surface area contributed by atoms with E-state index in [1.165, 1.54) is 6.42 Å². The van der Waals surface area contributed by atoms with E-state index < -0.39 is 0 Å². The molecule has 2 aliphatic heterocycles. The summed E-state index contributed by atoms with van der Waals surface area (Å²) in [5, 5.41) is 3.38. The maximum absolute atomic E-state index is 6.07. The van der Waals surface area contributed by atoms with Gasteiger partial charge in [0, 0.05) is 39.2 Å². The van der Waals surface area contributed by atoms with Crippen LogP contribution in [0.4, 0.5) is 0 Å². The molecule has 1 N–H and O–H groups in total. The molecular formula is C20H32IN3O3. The normalized spacial score (nSPS) is 21.1. The summed E-state index contributed by atoms with van der Waals surface area (Å²) in [6, 6.07) is 3.90. The molecule has 1 atom stereocenters. The number of ether oxygens (including phenoxy) is 2. The van der Waals surface area contributed by atoms with Crippen molar-refractivity contribution in [2.24, 2.45) is 4.99 Å². The number of guanidine groups is 1. The Bertz CT molecular complexity index is 551. The van der Waals surface area contributed by atoms with Crippen LogP contribution >= 0.6 is 24.0 Å². The fourth-order valence-corrected chi connectivity index (χ4v) is 3.41. The number of hydrogen-bond donors (Lipinski definition) is 1. The molecule has 1 aromatic heterocycles. The van der Waals surface area contributed by atoms with Crippen molar-refractivity contribution in [1.29, 1.82) is 0 Å². The molecule has 0 saturated carbocycles. The first-order valence-corrected chi connectivity index (χ1v) is 9.75. The van der Waals surface area contributed by atoms with Crippen molar-refractivity contribution in [1.82, 2.24) is 10.2 Å². The highest BCUT2D eigenvalue weighted by molar-refractivity contribution is 14.0. The number of nitrogens with zero attached hydrogens (tertiary/aromatic N) is 2. The van der Waals surface area contributed by atoms with Crippen molar-refractivity contribution < 1.29 is 13.9 Å². The second-order valence-corrected chi connectivity index (χ2v) is 6.86. The molecular weight excluding hydrogens is 457 g/mol. The molecule has 0 amide bonds. The largest absolute Gasteiger partial charge is 0.469 e. The molecule has 0 aromatic carbocycles. The second kappa shape index (κ2) is 12.4. The third-order valence-electron chi connectivity index (χ3n) is 4.89. The van der Waals surface area contributed by atoms with Gasteiger partial charge in [-0.15, -0.1) is 30.6 Å². The average molecular weight is 489 g/mol. The summed E-state index contributed by atoms with van der Waals surface area (Å²) >= 11 is 0. The molecule has 27 heavy (non-hydrogen) atoms. The Morgan fingerprint density at radius 3 is 2.89 bits per heavy atom. The smallest absolute Gasteiger partial charge is 0.194 e. The molecule has 7 heteroatoms. The van der Waals surface area contributed by atoms with Gasteiger partial charge in [0.25, 0.3) is 0 Å². The first kappa shape index (κ1) is 22.2. The number of furan rings is 1. The van der Waals surface area contributed by atoms with Gasteiger partial charge in [-0.1, -0.05) is 6.08 Å². The number of rotatable bonds is 8. The molecule has 1 aromatic rings. The van der Waals surface area contributed by atoms with E-state index in [1.807, 2.05) is 18.2 Å².